The lowest BCUT2D eigenvalue weighted by Gasteiger charge is -2.18. The molecule has 0 radical (unpaired) electrons. The Morgan fingerprint density at radius 1 is 1.26 bits per heavy atom. The van der Waals surface area contributed by atoms with Gasteiger partial charge in [-0.1, -0.05) is 42.3 Å². The van der Waals surface area contributed by atoms with Crippen LogP contribution in [0.1, 0.15) is 29.8 Å². The van der Waals surface area contributed by atoms with Crippen molar-refractivity contribution in [3.05, 3.63) is 56.2 Å². The second-order valence-electron chi connectivity index (χ2n) is 4.41. The van der Waals surface area contributed by atoms with Gasteiger partial charge < -0.3 is 5.32 Å². The summed E-state index contributed by atoms with van der Waals surface area (Å²) in [5.41, 5.74) is 1.12. The van der Waals surface area contributed by atoms with Crippen LogP contribution in [-0.4, -0.2) is 6.54 Å². The molecule has 1 N–H and O–H groups in total. The van der Waals surface area contributed by atoms with E-state index >= 15 is 0 Å². The van der Waals surface area contributed by atoms with Gasteiger partial charge in [-0.15, -0.1) is 11.3 Å². The molecular weight excluding hydrogens is 297 g/mol. The molecule has 1 aromatic heterocycles. The first-order chi connectivity index (χ1) is 9.20. The molecule has 0 aliphatic rings. The fourth-order valence-corrected chi connectivity index (χ4v) is 3.33. The number of hydrogen-bond donors (Lipinski definition) is 1. The summed E-state index contributed by atoms with van der Waals surface area (Å²) in [7, 11) is 0. The van der Waals surface area contributed by atoms with Gasteiger partial charge in [-0.05, 0) is 42.0 Å². The number of hydrogen-bond acceptors (Lipinski definition) is 2. The SMILES string of the molecule is CCC(NCCc1cccs1)c1ccc(Cl)cc1Cl. The van der Waals surface area contributed by atoms with Gasteiger partial charge in [0.15, 0.2) is 0 Å². The van der Waals surface area contributed by atoms with E-state index in [9.17, 15) is 0 Å². The minimum absolute atomic E-state index is 0.282. The molecule has 1 nitrogen and oxygen atoms in total. The molecule has 0 spiro atoms. The monoisotopic (exact) mass is 313 g/mol. The predicted molar refractivity (Wildman–Crippen MR) is 85.5 cm³/mol. The van der Waals surface area contributed by atoms with E-state index in [0.717, 1.165) is 30.0 Å². The van der Waals surface area contributed by atoms with Gasteiger partial charge in [-0.25, -0.2) is 0 Å². The van der Waals surface area contributed by atoms with Crippen molar-refractivity contribution in [1.82, 2.24) is 5.32 Å². The Bertz CT molecular complexity index is 511. The van der Waals surface area contributed by atoms with E-state index in [1.165, 1.54) is 4.88 Å². The van der Waals surface area contributed by atoms with E-state index in [4.69, 9.17) is 23.2 Å². The van der Waals surface area contributed by atoms with Gasteiger partial charge in [-0.3, -0.25) is 0 Å². The second kappa shape index (κ2) is 7.30. The summed E-state index contributed by atoms with van der Waals surface area (Å²) in [6, 6.07) is 10.3. The number of rotatable bonds is 6. The summed E-state index contributed by atoms with van der Waals surface area (Å²) in [5, 5.41) is 7.10. The average Bonchev–Trinajstić information content (AvgIpc) is 2.89. The van der Waals surface area contributed by atoms with Crippen molar-refractivity contribution in [2.75, 3.05) is 6.54 Å². The van der Waals surface area contributed by atoms with E-state index in [1.54, 1.807) is 11.3 Å². The highest BCUT2D eigenvalue weighted by Crippen LogP contribution is 2.28. The molecule has 1 heterocycles. The summed E-state index contributed by atoms with van der Waals surface area (Å²) in [4.78, 5) is 1.41. The fourth-order valence-electron chi connectivity index (χ4n) is 2.08. The van der Waals surface area contributed by atoms with Crippen LogP contribution in [0.15, 0.2) is 35.7 Å². The maximum absolute atomic E-state index is 6.26. The Kier molecular flexibility index (Phi) is 5.71. The molecule has 1 atom stereocenters. The van der Waals surface area contributed by atoms with Crippen molar-refractivity contribution < 1.29 is 0 Å². The van der Waals surface area contributed by atoms with Crippen LogP contribution in [0.25, 0.3) is 0 Å². The third-order valence-electron chi connectivity index (χ3n) is 3.09. The highest BCUT2D eigenvalue weighted by Gasteiger charge is 2.12. The van der Waals surface area contributed by atoms with Crippen LogP contribution < -0.4 is 5.32 Å². The summed E-state index contributed by atoms with van der Waals surface area (Å²) in [6.45, 7) is 3.12. The Morgan fingerprint density at radius 3 is 2.74 bits per heavy atom. The highest BCUT2D eigenvalue weighted by molar-refractivity contribution is 7.09. The number of halogens is 2. The van der Waals surface area contributed by atoms with E-state index in [2.05, 4.69) is 29.8 Å². The molecule has 2 rings (SSSR count). The van der Waals surface area contributed by atoms with Crippen molar-refractivity contribution >= 4 is 34.5 Å². The van der Waals surface area contributed by atoms with Crippen molar-refractivity contribution in [3.63, 3.8) is 0 Å². The third kappa shape index (κ3) is 4.22. The molecule has 0 fully saturated rings. The first-order valence-electron chi connectivity index (χ1n) is 6.41. The standard InChI is InChI=1S/C15H17Cl2NS/c1-2-15(13-6-5-11(16)10-14(13)17)18-8-7-12-4-3-9-19-12/h3-6,9-10,15,18H,2,7-8H2,1H3. The summed E-state index contributed by atoms with van der Waals surface area (Å²) in [5.74, 6) is 0. The molecule has 0 bridgehead atoms. The topological polar surface area (TPSA) is 12.0 Å². The van der Waals surface area contributed by atoms with Crippen LogP contribution in [0.3, 0.4) is 0 Å². The molecule has 0 amide bonds. The van der Waals surface area contributed by atoms with Crippen LogP contribution in [0.2, 0.25) is 10.0 Å². The molecule has 0 aliphatic heterocycles. The Morgan fingerprint density at radius 2 is 2.11 bits per heavy atom. The minimum Gasteiger partial charge on any atom is -0.310 e. The molecule has 4 heteroatoms. The second-order valence-corrected chi connectivity index (χ2v) is 6.29. The molecule has 0 saturated carbocycles. The van der Waals surface area contributed by atoms with E-state index < -0.39 is 0 Å². The van der Waals surface area contributed by atoms with Crippen LogP contribution in [-0.2, 0) is 6.42 Å². The number of nitrogens with one attached hydrogen (secondary N) is 1. The van der Waals surface area contributed by atoms with Gasteiger partial charge in [0.1, 0.15) is 0 Å². The van der Waals surface area contributed by atoms with Crippen molar-refractivity contribution in [2.45, 2.75) is 25.8 Å². The highest BCUT2D eigenvalue weighted by atomic mass is 35.5. The van der Waals surface area contributed by atoms with Crippen LogP contribution in [0, 0.1) is 0 Å². The van der Waals surface area contributed by atoms with Gasteiger partial charge in [0.05, 0.1) is 0 Å². The number of benzene rings is 1. The van der Waals surface area contributed by atoms with Crippen molar-refractivity contribution in [2.24, 2.45) is 0 Å². The summed E-state index contributed by atoms with van der Waals surface area (Å²) < 4.78 is 0. The largest absolute Gasteiger partial charge is 0.310 e. The lowest BCUT2D eigenvalue weighted by atomic mass is 10.0. The van der Waals surface area contributed by atoms with Gasteiger partial charge in [0.25, 0.3) is 0 Å². The normalized spacial score (nSPS) is 12.6. The van der Waals surface area contributed by atoms with Crippen LogP contribution >= 0.6 is 34.5 Å². The fraction of sp³-hybridized carbons (Fsp3) is 0.333. The molecular formula is C15H17Cl2NS. The molecule has 19 heavy (non-hydrogen) atoms. The minimum atomic E-state index is 0.282. The van der Waals surface area contributed by atoms with Gasteiger partial charge in [0.2, 0.25) is 0 Å². The lowest BCUT2D eigenvalue weighted by Crippen LogP contribution is -2.23. The smallest absolute Gasteiger partial charge is 0.0468 e. The third-order valence-corrected chi connectivity index (χ3v) is 4.59. The molecule has 1 aromatic carbocycles. The molecule has 0 saturated heterocycles. The number of thiophene rings is 1. The molecule has 1 unspecified atom stereocenters. The summed E-state index contributed by atoms with van der Waals surface area (Å²) >= 11 is 14.0. The van der Waals surface area contributed by atoms with E-state index in [1.807, 2.05) is 18.2 Å². The van der Waals surface area contributed by atoms with Gasteiger partial charge in [-0.2, -0.15) is 0 Å². The Hall–Kier alpha value is -0.540. The quantitative estimate of drug-likeness (QED) is 0.759. The molecule has 0 aliphatic carbocycles. The molecule has 102 valence electrons. The van der Waals surface area contributed by atoms with Gasteiger partial charge in [0, 0.05) is 27.5 Å². The lowest BCUT2D eigenvalue weighted by molar-refractivity contribution is 0.524. The zero-order valence-corrected chi connectivity index (χ0v) is 13.2. The van der Waals surface area contributed by atoms with E-state index in [0.29, 0.717) is 5.02 Å². The summed E-state index contributed by atoms with van der Waals surface area (Å²) in [6.07, 6.45) is 2.06. The average molecular weight is 314 g/mol. The zero-order chi connectivity index (χ0) is 13.7. The zero-order valence-electron chi connectivity index (χ0n) is 10.8. The molecule has 2 aromatic rings. The van der Waals surface area contributed by atoms with Crippen LogP contribution in [0.4, 0.5) is 0 Å². The first-order valence-corrected chi connectivity index (χ1v) is 8.05. The first kappa shape index (κ1) is 14.9. The van der Waals surface area contributed by atoms with Crippen molar-refractivity contribution in [3.8, 4) is 0 Å². The maximum atomic E-state index is 6.26. The maximum Gasteiger partial charge on any atom is 0.0468 e. The van der Waals surface area contributed by atoms with Crippen LogP contribution in [0.5, 0.6) is 0 Å². The van der Waals surface area contributed by atoms with E-state index in [-0.39, 0.29) is 6.04 Å². The Labute approximate surface area is 128 Å². The Balaban J connectivity index is 1.95. The predicted octanol–water partition coefficient (Wildman–Crippen LogP) is 5.34. The van der Waals surface area contributed by atoms with Crippen molar-refractivity contribution in [1.29, 1.82) is 0 Å². The van der Waals surface area contributed by atoms with Gasteiger partial charge >= 0.3 is 0 Å².